The highest BCUT2D eigenvalue weighted by atomic mass is 35.5. The summed E-state index contributed by atoms with van der Waals surface area (Å²) in [6.07, 6.45) is 0. The number of aryl methyl sites for hydroxylation is 3. The average Bonchev–Trinajstić information content (AvgIpc) is 2.89. The zero-order valence-corrected chi connectivity index (χ0v) is 14.2. The molecule has 0 spiro atoms. The Morgan fingerprint density at radius 3 is 2.71 bits per heavy atom. The molecule has 0 fully saturated rings. The van der Waals surface area contributed by atoms with Gasteiger partial charge in [0.05, 0.1) is 23.6 Å². The summed E-state index contributed by atoms with van der Waals surface area (Å²) in [6.45, 7) is 6.69. The molecule has 0 saturated carbocycles. The Hall–Kier alpha value is -1.30. The van der Waals surface area contributed by atoms with Crippen LogP contribution in [0.25, 0.3) is 4.96 Å². The van der Waals surface area contributed by atoms with Gasteiger partial charge in [-0.1, -0.05) is 23.2 Å². The molecule has 21 heavy (non-hydrogen) atoms. The number of nitrogens with one attached hydrogen (secondary N) is 1. The molecule has 0 aromatic carbocycles. The van der Waals surface area contributed by atoms with Gasteiger partial charge in [0.1, 0.15) is 5.15 Å². The Morgan fingerprint density at radius 2 is 2.00 bits per heavy atom. The van der Waals surface area contributed by atoms with E-state index in [9.17, 15) is 0 Å². The van der Waals surface area contributed by atoms with Gasteiger partial charge in [0.2, 0.25) is 0 Å². The maximum Gasteiger partial charge on any atom is 0.194 e. The van der Waals surface area contributed by atoms with Gasteiger partial charge in [-0.15, -0.1) is 11.3 Å². The molecule has 0 bridgehead atoms. The highest BCUT2D eigenvalue weighted by Crippen LogP contribution is 2.28. The Morgan fingerprint density at radius 1 is 1.24 bits per heavy atom. The third-order valence-corrected chi connectivity index (χ3v) is 4.81. The molecule has 1 N–H and O–H groups in total. The van der Waals surface area contributed by atoms with Gasteiger partial charge >= 0.3 is 0 Å². The summed E-state index contributed by atoms with van der Waals surface area (Å²) in [5, 5.41) is 6.25. The predicted molar refractivity (Wildman–Crippen MR) is 88.9 cm³/mol. The van der Waals surface area contributed by atoms with Crippen molar-refractivity contribution in [2.45, 2.75) is 27.3 Å². The van der Waals surface area contributed by atoms with E-state index in [1.54, 1.807) is 17.4 Å². The number of hydrogen-bond acceptors (Lipinski definition) is 4. The van der Waals surface area contributed by atoms with E-state index in [0.29, 0.717) is 16.9 Å². The minimum Gasteiger partial charge on any atom is -0.377 e. The molecule has 0 aliphatic heterocycles. The van der Waals surface area contributed by atoms with Crippen LogP contribution in [0.4, 0.5) is 5.69 Å². The predicted octanol–water partition coefficient (Wildman–Crippen LogP) is 4.63. The summed E-state index contributed by atoms with van der Waals surface area (Å²) in [7, 11) is 0. The number of hydrogen-bond donors (Lipinski definition) is 1. The number of imidazole rings is 1. The molecule has 0 unspecified atom stereocenters. The fourth-order valence-corrected chi connectivity index (χ4v) is 3.88. The van der Waals surface area contributed by atoms with E-state index >= 15 is 0 Å². The maximum atomic E-state index is 6.16. The summed E-state index contributed by atoms with van der Waals surface area (Å²) in [6, 6.07) is 1.80. The second-order valence-electron chi connectivity index (χ2n) is 4.92. The normalized spacial score (nSPS) is 11.3. The van der Waals surface area contributed by atoms with Crippen molar-refractivity contribution in [1.29, 1.82) is 0 Å². The first-order chi connectivity index (χ1) is 9.97. The molecule has 0 atom stereocenters. The largest absolute Gasteiger partial charge is 0.377 e. The minimum absolute atomic E-state index is 0.389. The number of rotatable bonds is 3. The van der Waals surface area contributed by atoms with Crippen molar-refractivity contribution in [2.75, 3.05) is 5.32 Å². The second-order valence-corrected chi connectivity index (χ2v) is 6.50. The van der Waals surface area contributed by atoms with Crippen molar-refractivity contribution >= 4 is 45.2 Å². The van der Waals surface area contributed by atoms with Gasteiger partial charge in [0.15, 0.2) is 10.1 Å². The fraction of sp³-hybridized carbons (Fsp3) is 0.286. The molecule has 3 heterocycles. The third kappa shape index (κ3) is 2.61. The number of anilines is 1. The zero-order chi connectivity index (χ0) is 15.1. The summed E-state index contributed by atoms with van der Waals surface area (Å²) in [5.74, 6) is 0. The van der Waals surface area contributed by atoms with Crippen molar-refractivity contribution in [2.24, 2.45) is 0 Å². The Kier molecular flexibility index (Phi) is 3.82. The molecule has 3 aromatic rings. The Balaban J connectivity index is 1.94. The number of fused-ring (bicyclic) bond motifs is 1. The van der Waals surface area contributed by atoms with Crippen LogP contribution < -0.4 is 5.32 Å². The molecule has 0 aliphatic rings. The highest BCUT2D eigenvalue weighted by molar-refractivity contribution is 7.15. The van der Waals surface area contributed by atoms with E-state index in [0.717, 1.165) is 27.6 Å². The van der Waals surface area contributed by atoms with Crippen LogP contribution in [0, 0.1) is 20.8 Å². The first kappa shape index (κ1) is 14.6. The molecule has 3 aromatic heterocycles. The van der Waals surface area contributed by atoms with Gasteiger partial charge in [-0.25, -0.2) is 9.97 Å². The first-order valence-electron chi connectivity index (χ1n) is 6.46. The van der Waals surface area contributed by atoms with Crippen LogP contribution in [0.3, 0.4) is 0 Å². The SMILES string of the molecule is Cc1cc(Cl)nc(Cl)c1NCc1c(C)nc2scc(C)n12. The fourth-order valence-electron chi connectivity index (χ4n) is 2.36. The number of pyridine rings is 1. The Labute approximate surface area is 136 Å². The van der Waals surface area contributed by atoms with E-state index < -0.39 is 0 Å². The lowest BCUT2D eigenvalue weighted by molar-refractivity contribution is 0.963. The minimum atomic E-state index is 0.389. The van der Waals surface area contributed by atoms with Crippen LogP contribution >= 0.6 is 34.5 Å². The molecular formula is C14H14Cl2N4S. The summed E-state index contributed by atoms with van der Waals surface area (Å²) in [5.41, 5.74) is 5.12. The second kappa shape index (κ2) is 5.48. The van der Waals surface area contributed by atoms with Crippen molar-refractivity contribution < 1.29 is 0 Å². The molecular weight excluding hydrogens is 327 g/mol. The maximum absolute atomic E-state index is 6.16. The highest BCUT2D eigenvalue weighted by Gasteiger charge is 2.13. The quantitative estimate of drug-likeness (QED) is 0.706. The van der Waals surface area contributed by atoms with Crippen molar-refractivity contribution in [3.63, 3.8) is 0 Å². The number of aromatic nitrogens is 3. The van der Waals surface area contributed by atoms with E-state index in [1.807, 2.05) is 13.8 Å². The van der Waals surface area contributed by atoms with Gasteiger partial charge in [0, 0.05) is 11.1 Å². The number of halogens is 2. The lowest BCUT2D eigenvalue weighted by atomic mass is 10.2. The number of thiazole rings is 1. The zero-order valence-electron chi connectivity index (χ0n) is 11.9. The lowest BCUT2D eigenvalue weighted by Gasteiger charge is -2.12. The standard InChI is InChI=1S/C14H14Cl2N4S/c1-7-4-11(15)19-13(16)12(7)17-5-10-9(3)18-14-20(10)8(2)6-21-14/h4,6,17H,5H2,1-3H3. The van der Waals surface area contributed by atoms with E-state index in [2.05, 4.69) is 32.0 Å². The molecule has 110 valence electrons. The molecule has 0 saturated heterocycles. The smallest absolute Gasteiger partial charge is 0.194 e. The lowest BCUT2D eigenvalue weighted by Crippen LogP contribution is -2.07. The first-order valence-corrected chi connectivity index (χ1v) is 8.09. The van der Waals surface area contributed by atoms with E-state index in [1.165, 1.54) is 5.69 Å². The third-order valence-electron chi connectivity index (χ3n) is 3.40. The van der Waals surface area contributed by atoms with Gasteiger partial charge in [-0.2, -0.15) is 0 Å². The van der Waals surface area contributed by atoms with Crippen molar-refractivity contribution in [1.82, 2.24) is 14.4 Å². The van der Waals surface area contributed by atoms with Crippen molar-refractivity contribution in [3.05, 3.63) is 44.4 Å². The van der Waals surface area contributed by atoms with Crippen molar-refractivity contribution in [3.8, 4) is 0 Å². The van der Waals surface area contributed by atoms with Crippen LogP contribution in [0.2, 0.25) is 10.3 Å². The molecule has 0 aliphatic carbocycles. The van der Waals surface area contributed by atoms with Crippen LogP contribution in [0.15, 0.2) is 11.4 Å². The van der Waals surface area contributed by atoms with Gasteiger partial charge in [-0.05, 0) is 32.4 Å². The average molecular weight is 341 g/mol. The number of nitrogens with zero attached hydrogens (tertiary/aromatic N) is 3. The van der Waals surface area contributed by atoms with E-state index in [4.69, 9.17) is 23.2 Å². The van der Waals surface area contributed by atoms with Gasteiger partial charge < -0.3 is 5.32 Å². The Bertz CT molecular complexity index is 799. The van der Waals surface area contributed by atoms with Gasteiger partial charge in [0.25, 0.3) is 0 Å². The molecule has 3 rings (SSSR count). The summed E-state index contributed by atoms with van der Waals surface area (Å²) >= 11 is 13.7. The van der Waals surface area contributed by atoms with Crippen LogP contribution in [0.5, 0.6) is 0 Å². The topological polar surface area (TPSA) is 42.2 Å². The van der Waals surface area contributed by atoms with Crippen LogP contribution in [0.1, 0.15) is 22.6 Å². The molecule has 4 nitrogen and oxygen atoms in total. The van der Waals surface area contributed by atoms with Crippen LogP contribution in [-0.2, 0) is 6.54 Å². The van der Waals surface area contributed by atoms with Crippen LogP contribution in [-0.4, -0.2) is 14.4 Å². The summed E-state index contributed by atoms with van der Waals surface area (Å²) in [4.78, 5) is 9.66. The van der Waals surface area contributed by atoms with E-state index in [-0.39, 0.29) is 0 Å². The molecule has 0 radical (unpaired) electrons. The monoisotopic (exact) mass is 340 g/mol. The molecule has 7 heteroatoms. The molecule has 0 amide bonds. The summed E-state index contributed by atoms with van der Waals surface area (Å²) < 4.78 is 2.17. The van der Waals surface area contributed by atoms with Gasteiger partial charge in [-0.3, -0.25) is 4.40 Å².